The number of β-amino-alcohol motifs (C(OH)–C–C–N with tert-alkyl or cyclic N) is 1. The number of hydrogen-bond donors (Lipinski definition) is 1. The molecular formula is C31H48BN3O7. The molecule has 0 aromatic heterocycles. The van der Waals surface area contributed by atoms with Gasteiger partial charge in [0, 0.05) is 31.7 Å². The van der Waals surface area contributed by atoms with Gasteiger partial charge in [0.1, 0.15) is 5.60 Å². The molecule has 0 saturated carbocycles. The molecule has 3 amide bonds. The number of fused-ring (bicyclic) bond motifs is 1. The maximum atomic E-state index is 13.8. The SMILES string of the molecule is CC(C)(C)OC(=O)N1CCOC[C@H]1c1cc(B2OC(C)(C)C(C)(C)O2)cc2c1CN(C(=O)N1CC(O)CC1(C)C)CC2. The summed E-state index contributed by atoms with van der Waals surface area (Å²) in [5.41, 5.74) is 1.86. The Hall–Kier alpha value is -2.34. The Labute approximate surface area is 250 Å². The molecule has 1 unspecified atom stereocenters. The van der Waals surface area contributed by atoms with Crippen LogP contribution in [0.5, 0.6) is 0 Å². The molecule has 0 aliphatic carbocycles. The normalized spacial score (nSPS) is 26.8. The number of carbonyl (C=O) groups is 2. The molecule has 3 fully saturated rings. The molecule has 10 nitrogen and oxygen atoms in total. The molecule has 42 heavy (non-hydrogen) atoms. The summed E-state index contributed by atoms with van der Waals surface area (Å²) in [6.07, 6.45) is 0.289. The Morgan fingerprint density at radius 3 is 2.31 bits per heavy atom. The van der Waals surface area contributed by atoms with Crippen molar-refractivity contribution in [3.8, 4) is 0 Å². The van der Waals surface area contributed by atoms with Crippen LogP contribution in [-0.2, 0) is 31.7 Å². The second kappa shape index (κ2) is 10.7. The van der Waals surface area contributed by atoms with Gasteiger partial charge in [-0.2, -0.15) is 0 Å². The molecular weight excluding hydrogens is 537 g/mol. The summed E-state index contributed by atoms with van der Waals surface area (Å²) < 4.78 is 24.6. The Bertz CT molecular complexity index is 1210. The summed E-state index contributed by atoms with van der Waals surface area (Å²) >= 11 is 0. The first-order valence-corrected chi connectivity index (χ1v) is 15.2. The van der Waals surface area contributed by atoms with Gasteiger partial charge in [0.2, 0.25) is 0 Å². The van der Waals surface area contributed by atoms with Crippen molar-refractivity contribution in [1.29, 1.82) is 0 Å². The highest BCUT2D eigenvalue weighted by atomic mass is 16.7. The Morgan fingerprint density at radius 2 is 1.71 bits per heavy atom. The standard InChI is InChI=1S/C31H48BN3O7/c1-28(2,3)40-27(38)34-12-13-39-19-25(34)23-15-21(32-41-30(6,7)31(8,9)42-32)14-20-10-11-33(18-24(20)23)26(37)35-17-22(36)16-29(35,4)5/h14-15,22,25,36H,10-13,16-19H2,1-9H3/t22?,25-/m0/s1. The van der Waals surface area contributed by atoms with Gasteiger partial charge in [-0.05, 0) is 97.3 Å². The zero-order valence-electron chi connectivity index (χ0n) is 26.8. The van der Waals surface area contributed by atoms with Crippen molar-refractivity contribution >= 4 is 24.7 Å². The van der Waals surface area contributed by atoms with E-state index < -0.39 is 41.6 Å². The Morgan fingerprint density at radius 1 is 1.05 bits per heavy atom. The second-order valence-corrected chi connectivity index (χ2v) is 14.8. The third-order valence-corrected chi connectivity index (χ3v) is 9.40. The molecule has 1 aromatic carbocycles. The average Bonchev–Trinajstić information content (AvgIpc) is 3.29. The minimum absolute atomic E-state index is 0.0768. The fraction of sp³-hybridized carbons (Fsp3) is 0.742. The molecule has 1 aromatic rings. The smallest absolute Gasteiger partial charge is 0.444 e. The van der Waals surface area contributed by atoms with Crippen LogP contribution < -0.4 is 5.46 Å². The number of aliphatic hydroxyl groups excluding tert-OH is 1. The number of aliphatic hydroxyl groups is 1. The number of nitrogens with zero attached hydrogens (tertiary/aromatic N) is 3. The Balaban J connectivity index is 1.53. The summed E-state index contributed by atoms with van der Waals surface area (Å²) in [6, 6.07) is 3.72. The van der Waals surface area contributed by atoms with Crippen LogP contribution in [0.15, 0.2) is 12.1 Å². The van der Waals surface area contributed by atoms with Gasteiger partial charge in [0.25, 0.3) is 0 Å². The summed E-state index contributed by atoms with van der Waals surface area (Å²) in [5, 5.41) is 10.3. The van der Waals surface area contributed by atoms with E-state index in [4.69, 9.17) is 18.8 Å². The van der Waals surface area contributed by atoms with Crippen LogP contribution >= 0.6 is 0 Å². The quantitative estimate of drug-likeness (QED) is 0.530. The van der Waals surface area contributed by atoms with E-state index in [0.29, 0.717) is 52.2 Å². The van der Waals surface area contributed by atoms with Gasteiger partial charge in [-0.25, -0.2) is 9.59 Å². The van der Waals surface area contributed by atoms with Crippen molar-refractivity contribution in [2.75, 3.05) is 32.8 Å². The van der Waals surface area contributed by atoms with Gasteiger partial charge < -0.3 is 33.7 Å². The van der Waals surface area contributed by atoms with Gasteiger partial charge in [-0.15, -0.1) is 0 Å². The van der Waals surface area contributed by atoms with E-state index in [0.717, 1.165) is 22.2 Å². The minimum atomic E-state index is -0.639. The van der Waals surface area contributed by atoms with Crippen molar-refractivity contribution in [3.63, 3.8) is 0 Å². The number of morpholine rings is 1. The monoisotopic (exact) mass is 585 g/mol. The van der Waals surface area contributed by atoms with E-state index >= 15 is 0 Å². The van der Waals surface area contributed by atoms with Gasteiger partial charge in [-0.3, -0.25) is 4.90 Å². The fourth-order valence-electron chi connectivity index (χ4n) is 6.42. The molecule has 232 valence electrons. The van der Waals surface area contributed by atoms with E-state index in [-0.39, 0.29) is 12.1 Å². The molecule has 1 N–H and O–H groups in total. The second-order valence-electron chi connectivity index (χ2n) is 14.8. The summed E-state index contributed by atoms with van der Waals surface area (Å²) in [6.45, 7) is 20.1. The highest BCUT2D eigenvalue weighted by Crippen LogP contribution is 2.39. The Kier molecular flexibility index (Phi) is 7.91. The zero-order chi connectivity index (χ0) is 30.8. The fourth-order valence-corrected chi connectivity index (χ4v) is 6.42. The number of likely N-dealkylation sites (tertiary alicyclic amines) is 1. The zero-order valence-corrected chi connectivity index (χ0v) is 26.8. The number of ether oxygens (including phenoxy) is 2. The van der Waals surface area contributed by atoms with Crippen LogP contribution in [0.2, 0.25) is 0 Å². The molecule has 2 atom stereocenters. The largest absolute Gasteiger partial charge is 0.494 e. The van der Waals surface area contributed by atoms with E-state index in [2.05, 4.69) is 12.1 Å². The van der Waals surface area contributed by atoms with Crippen molar-refractivity contribution < 1.29 is 33.5 Å². The molecule has 0 bridgehead atoms. The molecule has 11 heteroatoms. The molecule has 0 radical (unpaired) electrons. The van der Waals surface area contributed by atoms with E-state index in [9.17, 15) is 14.7 Å². The number of amides is 3. The van der Waals surface area contributed by atoms with E-state index in [1.54, 1.807) is 9.80 Å². The topological polar surface area (TPSA) is 101 Å². The van der Waals surface area contributed by atoms with Crippen LogP contribution in [-0.4, -0.2) is 100 Å². The number of urea groups is 1. The van der Waals surface area contributed by atoms with Crippen molar-refractivity contribution in [3.05, 3.63) is 28.8 Å². The number of carbonyl (C=O) groups excluding carboxylic acids is 2. The maximum Gasteiger partial charge on any atom is 0.494 e. The van der Waals surface area contributed by atoms with Gasteiger partial charge >= 0.3 is 19.2 Å². The number of benzene rings is 1. The summed E-state index contributed by atoms with van der Waals surface area (Å²) in [7, 11) is -0.565. The molecule has 4 aliphatic rings. The van der Waals surface area contributed by atoms with E-state index in [1.165, 1.54) is 0 Å². The van der Waals surface area contributed by atoms with Crippen molar-refractivity contribution in [2.45, 2.75) is 116 Å². The van der Waals surface area contributed by atoms with Crippen LogP contribution in [0.4, 0.5) is 9.59 Å². The average molecular weight is 586 g/mol. The first-order chi connectivity index (χ1) is 19.4. The van der Waals surface area contributed by atoms with Gasteiger partial charge in [-0.1, -0.05) is 12.1 Å². The lowest BCUT2D eigenvalue weighted by Gasteiger charge is -2.41. The van der Waals surface area contributed by atoms with Gasteiger partial charge in [0.05, 0.1) is 36.6 Å². The van der Waals surface area contributed by atoms with Crippen LogP contribution in [0.3, 0.4) is 0 Å². The summed E-state index contributed by atoms with van der Waals surface area (Å²) in [4.78, 5) is 32.6. The van der Waals surface area contributed by atoms with Crippen LogP contribution in [0, 0.1) is 0 Å². The third kappa shape index (κ3) is 5.90. The first kappa shape index (κ1) is 31.1. The first-order valence-electron chi connectivity index (χ1n) is 15.2. The van der Waals surface area contributed by atoms with Crippen LogP contribution in [0.1, 0.15) is 91.5 Å². The number of rotatable bonds is 2. The minimum Gasteiger partial charge on any atom is -0.444 e. The number of hydrogen-bond acceptors (Lipinski definition) is 7. The highest BCUT2D eigenvalue weighted by molar-refractivity contribution is 6.62. The lowest BCUT2D eigenvalue weighted by molar-refractivity contribution is -0.0334. The lowest BCUT2D eigenvalue weighted by atomic mass is 9.74. The molecule has 5 rings (SSSR count). The predicted molar refractivity (Wildman–Crippen MR) is 160 cm³/mol. The van der Waals surface area contributed by atoms with Crippen molar-refractivity contribution in [1.82, 2.24) is 14.7 Å². The lowest BCUT2D eigenvalue weighted by Crippen LogP contribution is -2.52. The van der Waals surface area contributed by atoms with Gasteiger partial charge in [0.15, 0.2) is 0 Å². The molecule has 0 spiro atoms. The molecule has 3 saturated heterocycles. The molecule has 4 heterocycles. The van der Waals surface area contributed by atoms with Crippen LogP contribution in [0.25, 0.3) is 0 Å². The summed E-state index contributed by atoms with van der Waals surface area (Å²) in [5.74, 6) is 0. The van der Waals surface area contributed by atoms with Crippen molar-refractivity contribution in [2.24, 2.45) is 0 Å². The molecule has 4 aliphatic heterocycles. The maximum absolute atomic E-state index is 13.8. The van der Waals surface area contributed by atoms with E-state index in [1.807, 2.05) is 67.2 Å². The predicted octanol–water partition coefficient (Wildman–Crippen LogP) is 3.62. The highest BCUT2D eigenvalue weighted by Gasteiger charge is 2.52. The third-order valence-electron chi connectivity index (χ3n) is 9.40.